The van der Waals surface area contributed by atoms with Gasteiger partial charge >= 0.3 is 5.97 Å². The summed E-state index contributed by atoms with van der Waals surface area (Å²) in [6.45, 7) is 0. The van der Waals surface area contributed by atoms with Gasteiger partial charge in [-0.25, -0.2) is 14.4 Å². The van der Waals surface area contributed by atoms with Gasteiger partial charge in [-0.15, -0.1) is 0 Å². The predicted molar refractivity (Wildman–Crippen MR) is 68.0 cm³/mol. The Morgan fingerprint density at radius 1 is 1.37 bits per heavy atom. The molecule has 0 unspecified atom stereocenters. The van der Waals surface area contributed by atoms with Gasteiger partial charge in [-0.1, -0.05) is 11.8 Å². The molecule has 0 N–H and O–H groups in total. The molecule has 0 spiro atoms. The topological polar surface area (TPSA) is 65.0 Å². The van der Waals surface area contributed by atoms with Gasteiger partial charge in [-0.3, -0.25) is 9.78 Å². The first kappa shape index (κ1) is 13.4. The fourth-order valence-corrected chi connectivity index (χ4v) is 1.96. The molecule has 2 aromatic heterocycles. The van der Waals surface area contributed by atoms with Crippen LogP contribution in [0.3, 0.4) is 0 Å². The van der Waals surface area contributed by atoms with Crippen LogP contribution in [0.5, 0.6) is 0 Å². The van der Waals surface area contributed by atoms with Crippen molar-refractivity contribution in [1.82, 2.24) is 15.0 Å². The number of aromatic nitrogens is 3. The number of carbonyl (C=O) groups is 1. The minimum Gasteiger partial charge on any atom is -0.468 e. The summed E-state index contributed by atoms with van der Waals surface area (Å²) in [5, 5.41) is 0.368. The van der Waals surface area contributed by atoms with Crippen molar-refractivity contribution in [2.45, 2.75) is 5.16 Å². The monoisotopic (exact) mass is 279 g/mol. The number of hydrogen-bond donors (Lipinski definition) is 0. The van der Waals surface area contributed by atoms with Crippen LogP contribution in [0.4, 0.5) is 4.39 Å². The van der Waals surface area contributed by atoms with Crippen LogP contribution in [-0.2, 0) is 9.53 Å². The Bertz CT molecular complexity index is 595. The van der Waals surface area contributed by atoms with Crippen LogP contribution in [0, 0.1) is 5.82 Å². The first-order valence-electron chi connectivity index (χ1n) is 5.34. The van der Waals surface area contributed by atoms with E-state index in [0.717, 1.165) is 11.8 Å². The number of esters is 1. The number of carbonyl (C=O) groups excluding carboxylic acids is 1. The third-order valence-corrected chi connectivity index (χ3v) is 3.02. The number of ether oxygens (including phenoxy) is 1. The summed E-state index contributed by atoms with van der Waals surface area (Å²) in [6.07, 6.45) is 2.98. The summed E-state index contributed by atoms with van der Waals surface area (Å²) >= 11 is 1.12. The SMILES string of the molecule is COC(=O)CSc1nccc(-c2ncccc2F)n1. The molecule has 0 amide bonds. The number of methoxy groups -OCH3 is 1. The molecule has 0 fully saturated rings. The molecule has 0 aliphatic rings. The summed E-state index contributed by atoms with van der Waals surface area (Å²) in [5.74, 6) is -0.724. The molecule has 98 valence electrons. The first-order valence-corrected chi connectivity index (χ1v) is 6.33. The van der Waals surface area contributed by atoms with Gasteiger partial charge in [0.05, 0.1) is 18.6 Å². The lowest BCUT2D eigenvalue weighted by atomic mass is 10.2. The Morgan fingerprint density at radius 2 is 2.21 bits per heavy atom. The van der Waals surface area contributed by atoms with Gasteiger partial charge in [0.25, 0.3) is 0 Å². The van der Waals surface area contributed by atoms with E-state index in [1.165, 1.54) is 31.6 Å². The maximum absolute atomic E-state index is 13.6. The molecule has 7 heteroatoms. The molecule has 2 rings (SSSR count). The second kappa shape index (κ2) is 6.24. The van der Waals surface area contributed by atoms with E-state index < -0.39 is 5.82 Å². The van der Waals surface area contributed by atoms with Crippen molar-refractivity contribution < 1.29 is 13.9 Å². The van der Waals surface area contributed by atoms with Crippen LogP contribution in [-0.4, -0.2) is 33.8 Å². The van der Waals surface area contributed by atoms with E-state index in [0.29, 0.717) is 10.9 Å². The van der Waals surface area contributed by atoms with Gasteiger partial charge in [-0.05, 0) is 18.2 Å². The number of nitrogens with zero attached hydrogens (tertiary/aromatic N) is 3. The first-order chi connectivity index (χ1) is 9.20. The summed E-state index contributed by atoms with van der Waals surface area (Å²) in [4.78, 5) is 23.1. The molecule has 0 aliphatic carbocycles. The highest BCUT2D eigenvalue weighted by Crippen LogP contribution is 2.20. The zero-order valence-electron chi connectivity index (χ0n) is 10.0. The van der Waals surface area contributed by atoms with Gasteiger partial charge < -0.3 is 4.74 Å². The highest BCUT2D eigenvalue weighted by Gasteiger charge is 2.10. The van der Waals surface area contributed by atoms with E-state index >= 15 is 0 Å². The Balaban J connectivity index is 2.20. The van der Waals surface area contributed by atoms with E-state index in [9.17, 15) is 9.18 Å². The van der Waals surface area contributed by atoms with Crippen molar-refractivity contribution in [3.05, 3.63) is 36.4 Å². The zero-order chi connectivity index (χ0) is 13.7. The summed E-state index contributed by atoms with van der Waals surface area (Å²) < 4.78 is 18.1. The van der Waals surface area contributed by atoms with Crippen molar-refractivity contribution >= 4 is 17.7 Å². The molecule has 0 bridgehead atoms. The molecule has 0 saturated carbocycles. The van der Waals surface area contributed by atoms with Crippen molar-refractivity contribution in [1.29, 1.82) is 0 Å². The molecule has 19 heavy (non-hydrogen) atoms. The second-order valence-corrected chi connectivity index (χ2v) is 4.37. The minimum atomic E-state index is -0.454. The number of hydrogen-bond acceptors (Lipinski definition) is 6. The van der Waals surface area contributed by atoms with E-state index in [-0.39, 0.29) is 17.4 Å². The Morgan fingerprint density at radius 3 is 2.95 bits per heavy atom. The Hall–Kier alpha value is -2.02. The lowest BCUT2D eigenvalue weighted by Crippen LogP contribution is -2.04. The molecular formula is C12H10FN3O2S. The average molecular weight is 279 g/mol. The van der Waals surface area contributed by atoms with Gasteiger partial charge in [0.15, 0.2) is 11.0 Å². The fourth-order valence-electron chi connectivity index (χ4n) is 1.30. The molecule has 2 heterocycles. The predicted octanol–water partition coefficient (Wildman–Crippen LogP) is 1.94. The van der Waals surface area contributed by atoms with Crippen LogP contribution in [0.1, 0.15) is 0 Å². The van der Waals surface area contributed by atoms with Gasteiger partial charge in [0, 0.05) is 12.4 Å². The van der Waals surface area contributed by atoms with Gasteiger partial charge in [0.1, 0.15) is 5.69 Å². The molecule has 5 nitrogen and oxygen atoms in total. The second-order valence-electron chi connectivity index (χ2n) is 3.42. The van der Waals surface area contributed by atoms with Crippen LogP contribution in [0.25, 0.3) is 11.4 Å². The third-order valence-electron chi connectivity index (χ3n) is 2.18. The van der Waals surface area contributed by atoms with Crippen LogP contribution >= 0.6 is 11.8 Å². The normalized spacial score (nSPS) is 10.2. The van der Waals surface area contributed by atoms with E-state index in [4.69, 9.17) is 0 Å². The standard InChI is InChI=1S/C12H10FN3O2S/c1-18-10(17)7-19-12-15-6-4-9(16-12)11-8(13)3-2-5-14-11/h2-6H,7H2,1H3. The van der Waals surface area contributed by atoms with Crippen molar-refractivity contribution in [3.8, 4) is 11.4 Å². The largest absolute Gasteiger partial charge is 0.468 e. The maximum atomic E-state index is 13.6. The van der Waals surface area contributed by atoms with E-state index in [1.54, 1.807) is 6.07 Å². The number of halogens is 1. The molecule has 0 atom stereocenters. The highest BCUT2D eigenvalue weighted by molar-refractivity contribution is 7.99. The highest BCUT2D eigenvalue weighted by atomic mass is 32.2. The van der Waals surface area contributed by atoms with Gasteiger partial charge in [-0.2, -0.15) is 0 Å². The van der Waals surface area contributed by atoms with Crippen LogP contribution in [0.2, 0.25) is 0 Å². The fraction of sp³-hybridized carbons (Fsp3) is 0.167. The number of rotatable bonds is 4. The molecule has 2 aromatic rings. The Kier molecular flexibility index (Phi) is 4.40. The number of pyridine rings is 1. The minimum absolute atomic E-state index is 0.102. The molecular weight excluding hydrogens is 269 g/mol. The molecule has 0 aliphatic heterocycles. The zero-order valence-corrected chi connectivity index (χ0v) is 10.9. The Labute approximate surface area is 113 Å². The smallest absolute Gasteiger partial charge is 0.316 e. The van der Waals surface area contributed by atoms with Gasteiger partial charge in [0.2, 0.25) is 0 Å². The summed E-state index contributed by atoms with van der Waals surface area (Å²) in [5.41, 5.74) is 0.533. The van der Waals surface area contributed by atoms with Crippen LogP contribution in [0.15, 0.2) is 35.7 Å². The lowest BCUT2D eigenvalue weighted by Gasteiger charge is -2.03. The molecule has 0 aromatic carbocycles. The van der Waals surface area contributed by atoms with Crippen molar-refractivity contribution in [2.75, 3.05) is 12.9 Å². The van der Waals surface area contributed by atoms with E-state index in [1.807, 2.05) is 0 Å². The van der Waals surface area contributed by atoms with Crippen molar-refractivity contribution in [2.24, 2.45) is 0 Å². The average Bonchev–Trinajstić information content (AvgIpc) is 2.45. The van der Waals surface area contributed by atoms with Crippen LogP contribution < -0.4 is 0 Å². The summed E-state index contributed by atoms with van der Waals surface area (Å²) in [6, 6.07) is 4.38. The lowest BCUT2D eigenvalue weighted by molar-refractivity contribution is -0.137. The third kappa shape index (κ3) is 3.47. The molecule has 0 radical (unpaired) electrons. The number of thioether (sulfide) groups is 1. The molecule has 0 saturated heterocycles. The quantitative estimate of drug-likeness (QED) is 0.484. The van der Waals surface area contributed by atoms with E-state index in [2.05, 4.69) is 19.7 Å². The van der Waals surface area contributed by atoms with Crippen molar-refractivity contribution in [3.63, 3.8) is 0 Å². The summed E-state index contributed by atoms with van der Waals surface area (Å²) in [7, 11) is 1.31. The maximum Gasteiger partial charge on any atom is 0.316 e.